The molecule has 0 fully saturated rings. The number of ether oxygens (including phenoxy) is 1. The van der Waals surface area contributed by atoms with E-state index >= 15 is 0 Å². The fraction of sp³-hybridized carbons (Fsp3) is 0.300. The molecular formula is C10H11F2O. The first-order valence-corrected chi connectivity index (χ1v) is 3.95. The summed E-state index contributed by atoms with van der Waals surface area (Å²) in [5.41, 5.74) is 1.03. The number of benzene rings is 1. The number of alkyl halides is 2. The second kappa shape index (κ2) is 4.21. The monoisotopic (exact) mass is 185 g/mol. The summed E-state index contributed by atoms with van der Waals surface area (Å²) in [5.74, 6) is 1.34. The fourth-order valence-corrected chi connectivity index (χ4v) is 0.970. The van der Waals surface area contributed by atoms with Gasteiger partial charge in [-0.1, -0.05) is 26.0 Å². The van der Waals surface area contributed by atoms with Gasteiger partial charge in [-0.05, 0) is 23.6 Å². The molecule has 1 rings (SSSR count). The van der Waals surface area contributed by atoms with Crippen molar-refractivity contribution >= 4 is 0 Å². The number of hydrogen-bond donors (Lipinski definition) is 0. The molecule has 0 saturated carbocycles. The number of hydrogen-bond acceptors (Lipinski definition) is 1. The third-order valence-corrected chi connectivity index (χ3v) is 1.66. The van der Waals surface area contributed by atoms with E-state index in [1.54, 1.807) is 12.1 Å². The highest BCUT2D eigenvalue weighted by atomic mass is 19.3. The lowest BCUT2D eigenvalue weighted by Gasteiger charge is -2.07. The molecule has 0 bridgehead atoms. The van der Waals surface area contributed by atoms with Gasteiger partial charge >= 0.3 is 6.61 Å². The van der Waals surface area contributed by atoms with Gasteiger partial charge in [0.1, 0.15) is 5.75 Å². The van der Waals surface area contributed by atoms with Crippen LogP contribution in [-0.2, 0) is 0 Å². The summed E-state index contributed by atoms with van der Waals surface area (Å²) in [6.45, 7) is 1.17. The van der Waals surface area contributed by atoms with E-state index in [1.807, 2.05) is 13.8 Å². The Morgan fingerprint density at radius 2 is 1.69 bits per heavy atom. The molecule has 0 N–H and O–H groups in total. The molecule has 1 nitrogen and oxygen atoms in total. The first kappa shape index (κ1) is 9.96. The molecule has 0 aliphatic rings. The first-order chi connectivity index (χ1) is 6.09. The quantitative estimate of drug-likeness (QED) is 0.702. The topological polar surface area (TPSA) is 9.23 Å². The van der Waals surface area contributed by atoms with E-state index < -0.39 is 6.61 Å². The predicted octanol–water partition coefficient (Wildman–Crippen LogP) is 3.25. The average molecular weight is 185 g/mol. The Kier molecular flexibility index (Phi) is 3.23. The third-order valence-electron chi connectivity index (χ3n) is 1.66. The fourth-order valence-electron chi connectivity index (χ4n) is 0.970. The summed E-state index contributed by atoms with van der Waals surface area (Å²) >= 11 is 0. The lowest BCUT2D eigenvalue weighted by molar-refractivity contribution is -0.0498. The van der Waals surface area contributed by atoms with Crippen LogP contribution in [0.15, 0.2) is 24.3 Å². The van der Waals surface area contributed by atoms with Crippen molar-refractivity contribution in [2.24, 2.45) is 0 Å². The van der Waals surface area contributed by atoms with Crippen LogP contribution in [0.5, 0.6) is 5.75 Å². The zero-order valence-electron chi connectivity index (χ0n) is 7.55. The molecule has 0 unspecified atom stereocenters. The Hall–Kier alpha value is -1.12. The van der Waals surface area contributed by atoms with Gasteiger partial charge in [-0.25, -0.2) is 0 Å². The molecule has 1 aromatic carbocycles. The van der Waals surface area contributed by atoms with Crippen LogP contribution in [0.1, 0.15) is 19.4 Å². The maximum atomic E-state index is 11.8. The Morgan fingerprint density at radius 1 is 1.15 bits per heavy atom. The zero-order valence-corrected chi connectivity index (χ0v) is 7.55. The Bertz CT molecular complexity index is 254. The maximum absolute atomic E-state index is 11.8. The second-order valence-corrected chi connectivity index (χ2v) is 2.90. The zero-order chi connectivity index (χ0) is 9.84. The van der Waals surface area contributed by atoms with E-state index in [9.17, 15) is 8.78 Å². The molecular weight excluding hydrogens is 174 g/mol. The molecule has 0 spiro atoms. The highest BCUT2D eigenvalue weighted by molar-refractivity contribution is 5.34. The van der Waals surface area contributed by atoms with Crippen LogP contribution in [0.3, 0.4) is 0 Å². The van der Waals surface area contributed by atoms with Gasteiger partial charge < -0.3 is 4.74 Å². The SMILES string of the molecule is C[C](C)c1ccc(OC(F)F)cc1. The molecule has 1 radical (unpaired) electrons. The molecule has 3 heteroatoms. The molecule has 0 heterocycles. The summed E-state index contributed by atoms with van der Waals surface area (Å²) < 4.78 is 27.7. The molecule has 0 aliphatic heterocycles. The van der Waals surface area contributed by atoms with Crippen molar-refractivity contribution in [3.8, 4) is 5.75 Å². The molecule has 71 valence electrons. The van der Waals surface area contributed by atoms with E-state index in [4.69, 9.17) is 0 Å². The molecule has 0 saturated heterocycles. The third kappa shape index (κ3) is 3.01. The van der Waals surface area contributed by atoms with Gasteiger partial charge in [0, 0.05) is 0 Å². The molecule has 13 heavy (non-hydrogen) atoms. The van der Waals surface area contributed by atoms with Crippen molar-refractivity contribution in [2.45, 2.75) is 20.5 Å². The molecule has 0 atom stereocenters. The smallest absolute Gasteiger partial charge is 0.387 e. The van der Waals surface area contributed by atoms with Crippen molar-refractivity contribution in [1.29, 1.82) is 0 Å². The molecule has 0 aromatic heterocycles. The largest absolute Gasteiger partial charge is 0.435 e. The van der Waals surface area contributed by atoms with Gasteiger partial charge in [-0.3, -0.25) is 0 Å². The summed E-state index contributed by atoms with van der Waals surface area (Å²) in [7, 11) is 0. The highest BCUT2D eigenvalue weighted by Crippen LogP contribution is 2.19. The number of rotatable bonds is 3. The first-order valence-electron chi connectivity index (χ1n) is 3.95. The van der Waals surface area contributed by atoms with Crippen LogP contribution in [0.4, 0.5) is 8.78 Å². The Balaban J connectivity index is 2.70. The van der Waals surface area contributed by atoms with E-state index in [-0.39, 0.29) is 5.75 Å². The van der Waals surface area contributed by atoms with Crippen molar-refractivity contribution < 1.29 is 13.5 Å². The average Bonchev–Trinajstić information content (AvgIpc) is 2.04. The van der Waals surface area contributed by atoms with E-state index in [0.717, 1.165) is 11.5 Å². The van der Waals surface area contributed by atoms with Gasteiger partial charge in [0.2, 0.25) is 0 Å². The van der Waals surface area contributed by atoms with Crippen LogP contribution in [-0.4, -0.2) is 6.61 Å². The minimum absolute atomic E-state index is 0.194. The van der Waals surface area contributed by atoms with Gasteiger partial charge in [-0.15, -0.1) is 0 Å². The number of halogens is 2. The van der Waals surface area contributed by atoms with Crippen LogP contribution in [0, 0.1) is 5.92 Å². The predicted molar refractivity (Wildman–Crippen MR) is 46.8 cm³/mol. The van der Waals surface area contributed by atoms with Gasteiger partial charge in [0.25, 0.3) is 0 Å². The van der Waals surface area contributed by atoms with Gasteiger partial charge in [0.15, 0.2) is 0 Å². The highest BCUT2D eigenvalue weighted by Gasteiger charge is 2.04. The molecule has 0 aliphatic carbocycles. The van der Waals surface area contributed by atoms with E-state index in [1.165, 1.54) is 12.1 Å². The summed E-state index contributed by atoms with van der Waals surface area (Å²) in [4.78, 5) is 0. The van der Waals surface area contributed by atoms with Crippen LogP contribution < -0.4 is 4.74 Å². The summed E-state index contributed by atoms with van der Waals surface area (Å²) in [5, 5.41) is 0. The van der Waals surface area contributed by atoms with Crippen molar-refractivity contribution in [1.82, 2.24) is 0 Å². The van der Waals surface area contributed by atoms with Crippen molar-refractivity contribution in [3.63, 3.8) is 0 Å². The Morgan fingerprint density at radius 3 is 2.08 bits per heavy atom. The minimum Gasteiger partial charge on any atom is -0.435 e. The van der Waals surface area contributed by atoms with Crippen LogP contribution in [0.2, 0.25) is 0 Å². The Labute approximate surface area is 76.3 Å². The van der Waals surface area contributed by atoms with Crippen LogP contribution in [0.25, 0.3) is 0 Å². The summed E-state index contributed by atoms with van der Waals surface area (Å²) in [6.07, 6.45) is 0. The summed E-state index contributed by atoms with van der Waals surface area (Å²) in [6, 6.07) is 6.59. The molecule has 1 aromatic rings. The van der Waals surface area contributed by atoms with Gasteiger partial charge in [-0.2, -0.15) is 8.78 Å². The maximum Gasteiger partial charge on any atom is 0.387 e. The van der Waals surface area contributed by atoms with Gasteiger partial charge in [0.05, 0.1) is 0 Å². The van der Waals surface area contributed by atoms with E-state index in [2.05, 4.69) is 4.74 Å². The second-order valence-electron chi connectivity index (χ2n) is 2.90. The van der Waals surface area contributed by atoms with Crippen LogP contribution >= 0.6 is 0 Å². The normalized spacial score (nSPS) is 10.9. The van der Waals surface area contributed by atoms with Crippen molar-refractivity contribution in [3.05, 3.63) is 35.7 Å². The minimum atomic E-state index is -2.75. The lowest BCUT2D eigenvalue weighted by Crippen LogP contribution is -2.01. The van der Waals surface area contributed by atoms with Crippen molar-refractivity contribution in [2.75, 3.05) is 0 Å². The van der Waals surface area contributed by atoms with E-state index in [0.29, 0.717) is 0 Å². The standard InChI is InChI=1S/C10H11F2O/c1-7(2)8-3-5-9(6-4-8)13-10(11)12/h3-6,10H,1-2H3. The molecule has 0 amide bonds. The lowest BCUT2D eigenvalue weighted by atomic mass is 10.0.